The van der Waals surface area contributed by atoms with Gasteiger partial charge in [0.25, 0.3) is 0 Å². The van der Waals surface area contributed by atoms with Crippen molar-refractivity contribution in [3.05, 3.63) is 0 Å². The topological polar surface area (TPSA) is 89.9 Å². The third-order valence-corrected chi connectivity index (χ3v) is 7.35. The van der Waals surface area contributed by atoms with E-state index in [0.29, 0.717) is 19.0 Å². The summed E-state index contributed by atoms with van der Waals surface area (Å²) in [5.74, 6) is 1.14. The second-order valence-corrected chi connectivity index (χ2v) is 8.89. The first kappa shape index (κ1) is 16.2. The summed E-state index contributed by atoms with van der Waals surface area (Å²) in [6.07, 6.45) is 5.36. The van der Waals surface area contributed by atoms with Gasteiger partial charge in [0.15, 0.2) is 0 Å². The van der Waals surface area contributed by atoms with Crippen molar-refractivity contribution in [1.82, 2.24) is 10.2 Å². The van der Waals surface area contributed by atoms with Gasteiger partial charge in [-0.25, -0.2) is 4.79 Å². The first-order valence-corrected chi connectivity index (χ1v) is 9.31. The molecule has 24 heavy (non-hydrogen) atoms. The molecule has 3 N–H and O–H groups in total. The molecular formula is C18H28N2O4. The van der Waals surface area contributed by atoms with Crippen LogP contribution in [0.4, 0.5) is 4.79 Å². The predicted octanol–water partition coefficient (Wildman–Crippen LogP) is 1.82. The summed E-state index contributed by atoms with van der Waals surface area (Å²) in [5, 5.41) is 23.1. The SMILES string of the molecule is CC1(O)C2CC3CC1CC(C(=O)N[C@H]1CCCN(C(=O)O)C1)(C3)C2. The maximum Gasteiger partial charge on any atom is 0.407 e. The molecule has 0 spiro atoms. The summed E-state index contributed by atoms with van der Waals surface area (Å²) in [5.41, 5.74) is -0.949. The summed E-state index contributed by atoms with van der Waals surface area (Å²) in [4.78, 5) is 25.7. The first-order valence-electron chi connectivity index (χ1n) is 9.31. The Hall–Kier alpha value is -1.30. The average molecular weight is 336 g/mol. The highest BCUT2D eigenvalue weighted by Gasteiger charge is 2.62. The lowest BCUT2D eigenvalue weighted by atomic mass is 9.44. The zero-order valence-corrected chi connectivity index (χ0v) is 14.3. The first-order chi connectivity index (χ1) is 11.3. The molecule has 0 aromatic heterocycles. The van der Waals surface area contributed by atoms with Gasteiger partial charge in [0, 0.05) is 19.1 Å². The van der Waals surface area contributed by atoms with Gasteiger partial charge in [0.1, 0.15) is 0 Å². The number of hydrogen-bond donors (Lipinski definition) is 3. The van der Waals surface area contributed by atoms with E-state index >= 15 is 0 Å². The van der Waals surface area contributed by atoms with Crippen LogP contribution in [0.2, 0.25) is 0 Å². The summed E-state index contributed by atoms with van der Waals surface area (Å²) in [7, 11) is 0. The molecule has 4 aliphatic carbocycles. The molecule has 6 heteroatoms. The molecule has 4 saturated carbocycles. The fraction of sp³-hybridized carbons (Fsp3) is 0.889. The standard InChI is InChI=1S/C18H28N2O4/c1-17(24)12-5-11-6-13(17)9-18(7-11,8-12)15(21)19-14-3-2-4-20(10-14)16(22)23/h11-14,24H,2-10H2,1H3,(H,19,21)(H,22,23)/t11?,12?,13?,14-,17?,18?/m0/s1. The van der Waals surface area contributed by atoms with Gasteiger partial charge < -0.3 is 20.4 Å². The van der Waals surface area contributed by atoms with E-state index in [9.17, 15) is 14.7 Å². The maximum atomic E-state index is 13.1. The minimum absolute atomic E-state index is 0.0733. The lowest BCUT2D eigenvalue weighted by Gasteiger charge is -2.62. The van der Waals surface area contributed by atoms with Gasteiger partial charge in [-0.2, -0.15) is 0 Å². The van der Waals surface area contributed by atoms with E-state index in [1.807, 2.05) is 6.92 Å². The van der Waals surface area contributed by atoms with Crippen molar-refractivity contribution < 1.29 is 19.8 Å². The largest absolute Gasteiger partial charge is 0.465 e. The number of nitrogens with one attached hydrogen (secondary N) is 1. The van der Waals surface area contributed by atoms with Crippen LogP contribution in [0.1, 0.15) is 51.9 Å². The number of aliphatic hydroxyl groups is 1. The number of rotatable bonds is 2. The zero-order valence-electron chi connectivity index (χ0n) is 14.3. The van der Waals surface area contributed by atoms with Crippen LogP contribution in [0.5, 0.6) is 0 Å². The highest BCUT2D eigenvalue weighted by Crippen LogP contribution is 2.63. The normalized spacial score (nSPS) is 46.8. The van der Waals surface area contributed by atoms with E-state index in [1.165, 1.54) is 4.90 Å². The molecule has 1 aliphatic heterocycles. The van der Waals surface area contributed by atoms with E-state index in [2.05, 4.69) is 5.32 Å². The number of carbonyl (C=O) groups is 2. The minimum atomic E-state index is -0.903. The lowest BCUT2D eigenvalue weighted by molar-refractivity contribution is -0.196. The number of likely N-dealkylation sites (tertiary alicyclic amines) is 1. The minimum Gasteiger partial charge on any atom is -0.465 e. The Morgan fingerprint density at radius 3 is 2.46 bits per heavy atom. The number of piperidine rings is 1. The van der Waals surface area contributed by atoms with Crippen LogP contribution < -0.4 is 5.32 Å². The lowest BCUT2D eigenvalue weighted by Crippen LogP contribution is -2.64. The van der Waals surface area contributed by atoms with Gasteiger partial charge in [-0.15, -0.1) is 0 Å². The Labute approximate surface area is 142 Å². The van der Waals surface area contributed by atoms with Crippen molar-refractivity contribution in [2.75, 3.05) is 13.1 Å². The highest BCUT2D eigenvalue weighted by molar-refractivity contribution is 5.83. The Morgan fingerprint density at radius 2 is 1.83 bits per heavy atom. The fourth-order valence-corrected chi connectivity index (χ4v) is 6.09. The van der Waals surface area contributed by atoms with Crippen molar-refractivity contribution in [3.8, 4) is 0 Å². The number of nitrogens with zero attached hydrogens (tertiary/aromatic N) is 1. The molecule has 2 unspecified atom stereocenters. The third-order valence-electron chi connectivity index (χ3n) is 7.35. The Bertz CT molecular complexity index is 543. The molecule has 134 valence electrons. The van der Waals surface area contributed by atoms with Gasteiger partial charge in [-0.1, -0.05) is 0 Å². The highest BCUT2D eigenvalue weighted by atomic mass is 16.4. The molecule has 5 fully saturated rings. The molecule has 0 aromatic rings. The molecule has 5 aliphatic rings. The molecule has 3 atom stereocenters. The number of amides is 2. The van der Waals surface area contributed by atoms with Crippen molar-refractivity contribution in [2.45, 2.75) is 63.5 Å². The molecule has 5 rings (SSSR count). The molecule has 1 heterocycles. The summed E-state index contributed by atoms with van der Waals surface area (Å²) >= 11 is 0. The number of hydrogen-bond acceptors (Lipinski definition) is 3. The summed E-state index contributed by atoms with van der Waals surface area (Å²) in [6.45, 7) is 2.91. The van der Waals surface area contributed by atoms with E-state index in [4.69, 9.17) is 5.11 Å². The second kappa shape index (κ2) is 5.35. The Morgan fingerprint density at radius 1 is 1.17 bits per heavy atom. The van der Waals surface area contributed by atoms with Crippen molar-refractivity contribution in [2.24, 2.45) is 23.2 Å². The average Bonchev–Trinajstić information content (AvgIpc) is 2.52. The molecule has 6 nitrogen and oxygen atoms in total. The molecule has 2 amide bonds. The van der Waals surface area contributed by atoms with Crippen LogP contribution in [0, 0.1) is 23.2 Å². The Kier molecular flexibility index (Phi) is 3.61. The van der Waals surface area contributed by atoms with E-state index in [1.54, 1.807) is 0 Å². The summed E-state index contributed by atoms with van der Waals surface area (Å²) in [6, 6.07) is -0.0733. The Balaban J connectivity index is 1.46. The number of carboxylic acid groups (broad SMARTS) is 1. The zero-order chi connectivity index (χ0) is 17.1. The van der Waals surface area contributed by atoms with Gasteiger partial charge in [-0.05, 0) is 69.6 Å². The van der Waals surface area contributed by atoms with Crippen LogP contribution in [-0.4, -0.2) is 51.8 Å². The van der Waals surface area contributed by atoms with E-state index < -0.39 is 11.7 Å². The van der Waals surface area contributed by atoms with Crippen LogP contribution in [0.3, 0.4) is 0 Å². The van der Waals surface area contributed by atoms with Gasteiger partial charge in [0.05, 0.1) is 11.0 Å². The van der Waals surface area contributed by atoms with Gasteiger partial charge in [0.2, 0.25) is 5.91 Å². The maximum absolute atomic E-state index is 13.1. The van der Waals surface area contributed by atoms with Crippen molar-refractivity contribution >= 4 is 12.0 Å². The summed E-state index contributed by atoms with van der Waals surface area (Å²) < 4.78 is 0. The van der Waals surface area contributed by atoms with E-state index in [0.717, 1.165) is 44.9 Å². The second-order valence-electron chi connectivity index (χ2n) is 8.89. The molecule has 1 saturated heterocycles. The van der Waals surface area contributed by atoms with Crippen LogP contribution in [0.15, 0.2) is 0 Å². The van der Waals surface area contributed by atoms with Crippen LogP contribution in [0.25, 0.3) is 0 Å². The van der Waals surface area contributed by atoms with Gasteiger partial charge in [-0.3, -0.25) is 4.79 Å². The van der Waals surface area contributed by atoms with Crippen LogP contribution in [-0.2, 0) is 4.79 Å². The van der Waals surface area contributed by atoms with Crippen molar-refractivity contribution in [3.63, 3.8) is 0 Å². The predicted molar refractivity (Wildman–Crippen MR) is 87.4 cm³/mol. The monoisotopic (exact) mass is 336 g/mol. The smallest absolute Gasteiger partial charge is 0.407 e. The third kappa shape index (κ3) is 2.41. The van der Waals surface area contributed by atoms with Crippen LogP contribution >= 0.6 is 0 Å². The molecular weight excluding hydrogens is 308 g/mol. The fourth-order valence-electron chi connectivity index (χ4n) is 6.09. The van der Waals surface area contributed by atoms with E-state index in [-0.39, 0.29) is 29.2 Å². The van der Waals surface area contributed by atoms with Gasteiger partial charge >= 0.3 is 6.09 Å². The number of carbonyl (C=O) groups excluding carboxylic acids is 1. The molecule has 0 aromatic carbocycles. The molecule has 0 radical (unpaired) electrons. The molecule has 4 bridgehead atoms. The quantitative estimate of drug-likeness (QED) is 0.717. The van der Waals surface area contributed by atoms with Crippen molar-refractivity contribution in [1.29, 1.82) is 0 Å².